The SMILES string of the molecule is COC(=O)CC1(NCc2ccc(Cl)cc2)CCC1. The maximum Gasteiger partial charge on any atom is 0.307 e. The summed E-state index contributed by atoms with van der Waals surface area (Å²) in [6.07, 6.45) is 3.70. The van der Waals surface area contributed by atoms with Crippen molar-refractivity contribution in [3.05, 3.63) is 34.9 Å². The highest BCUT2D eigenvalue weighted by Gasteiger charge is 2.38. The van der Waals surface area contributed by atoms with E-state index in [0.29, 0.717) is 6.42 Å². The molecular formula is C14H18ClNO2. The summed E-state index contributed by atoms with van der Waals surface area (Å²) in [5.74, 6) is -0.140. The Hall–Kier alpha value is -1.06. The molecule has 0 aliphatic heterocycles. The highest BCUT2D eigenvalue weighted by molar-refractivity contribution is 6.30. The summed E-state index contributed by atoms with van der Waals surface area (Å²) in [5, 5.41) is 4.23. The minimum atomic E-state index is -0.140. The first kappa shape index (κ1) is 13.4. The zero-order chi connectivity index (χ0) is 13.0. The Kier molecular flexibility index (Phi) is 4.25. The molecule has 1 aromatic carbocycles. The summed E-state index contributed by atoms with van der Waals surface area (Å²) < 4.78 is 4.75. The van der Waals surface area contributed by atoms with Crippen molar-refractivity contribution >= 4 is 17.6 Å². The summed E-state index contributed by atoms with van der Waals surface area (Å²) >= 11 is 5.85. The monoisotopic (exact) mass is 267 g/mol. The number of esters is 1. The van der Waals surface area contributed by atoms with E-state index in [-0.39, 0.29) is 11.5 Å². The Balaban J connectivity index is 1.91. The first-order valence-corrected chi connectivity index (χ1v) is 6.58. The molecule has 1 aliphatic rings. The van der Waals surface area contributed by atoms with Crippen LogP contribution in [0.15, 0.2) is 24.3 Å². The van der Waals surface area contributed by atoms with Gasteiger partial charge in [-0.1, -0.05) is 23.7 Å². The van der Waals surface area contributed by atoms with Crippen LogP contribution in [0.3, 0.4) is 0 Å². The Morgan fingerprint density at radius 1 is 1.39 bits per heavy atom. The van der Waals surface area contributed by atoms with Crippen molar-refractivity contribution in [3.63, 3.8) is 0 Å². The van der Waals surface area contributed by atoms with Gasteiger partial charge in [0.2, 0.25) is 0 Å². The Labute approximate surface area is 112 Å². The van der Waals surface area contributed by atoms with Gasteiger partial charge in [0.15, 0.2) is 0 Å². The third-order valence-corrected chi connectivity index (χ3v) is 3.85. The molecule has 0 aromatic heterocycles. The number of hydrogen-bond acceptors (Lipinski definition) is 3. The van der Waals surface area contributed by atoms with E-state index in [1.54, 1.807) is 0 Å². The van der Waals surface area contributed by atoms with Gasteiger partial charge in [-0.15, -0.1) is 0 Å². The van der Waals surface area contributed by atoms with Crippen LogP contribution in [0, 0.1) is 0 Å². The molecule has 1 aromatic rings. The van der Waals surface area contributed by atoms with Crippen molar-refractivity contribution in [1.82, 2.24) is 5.32 Å². The maximum absolute atomic E-state index is 11.4. The summed E-state index contributed by atoms with van der Waals surface area (Å²) in [7, 11) is 1.44. The minimum Gasteiger partial charge on any atom is -0.469 e. The van der Waals surface area contributed by atoms with E-state index in [9.17, 15) is 4.79 Å². The predicted octanol–water partition coefficient (Wildman–Crippen LogP) is 2.92. The van der Waals surface area contributed by atoms with E-state index in [2.05, 4.69) is 5.32 Å². The predicted molar refractivity (Wildman–Crippen MR) is 71.5 cm³/mol. The Bertz CT molecular complexity index is 412. The lowest BCUT2D eigenvalue weighted by Gasteiger charge is -2.42. The van der Waals surface area contributed by atoms with E-state index in [1.165, 1.54) is 19.1 Å². The Morgan fingerprint density at radius 3 is 2.56 bits per heavy atom. The molecule has 1 aliphatic carbocycles. The van der Waals surface area contributed by atoms with Gasteiger partial charge in [-0.25, -0.2) is 0 Å². The van der Waals surface area contributed by atoms with Crippen molar-refractivity contribution in [2.75, 3.05) is 7.11 Å². The molecule has 18 heavy (non-hydrogen) atoms. The van der Waals surface area contributed by atoms with Crippen molar-refractivity contribution in [1.29, 1.82) is 0 Å². The van der Waals surface area contributed by atoms with Gasteiger partial charge in [-0.2, -0.15) is 0 Å². The molecular weight excluding hydrogens is 250 g/mol. The number of benzene rings is 1. The largest absolute Gasteiger partial charge is 0.469 e. The number of nitrogens with one attached hydrogen (secondary N) is 1. The van der Waals surface area contributed by atoms with E-state index >= 15 is 0 Å². The van der Waals surface area contributed by atoms with Crippen LogP contribution >= 0.6 is 11.6 Å². The van der Waals surface area contributed by atoms with Gasteiger partial charge in [-0.3, -0.25) is 4.79 Å². The molecule has 0 atom stereocenters. The van der Waals surface area contributed by atoms with Crippen LogP contribution < -0.4 is 5.32 Å². The summed E-state index contributed by atoms with van der Waals surface area (Å²) in [6, 6.07) is 7.76. The molecule has 0 saturated heterocycles. The lowest BCUT2D eigenvalue weighted by molar-refractivity contribution is -0.143. The zero-order valence-electron chi connectivity index (χ0n) is 10.5. The third kappa shape index (κ3) is 3.24. The second-order valence-corrected chi connectivity index (χ2v) is 5.30. The van der Waals surface area contributed by atoms with Crippen LogP contribution in [0.25, 0.3) is 0 Å². The minimum absolute atomic E-state index is 0.0628. The number of carbonyl (C=O) groups is 1. The quantitative estimate of drug-likeness (QED) is 0.834. The van der Waals surface area contributed by atoms with Crippen molar-refractivity contribution in [2.24, 2.45) is 0 Å². The molecule has 3 nitrogen and oxygen atoms in total. The number of methoxy groups -OCH3 is 1. The molecule has 4 heteroatoms. The Morgan fingerprint density at radius 2 is 2.06 bits per heavy atom. The number of halogens is 1. The van der Waals surface area contributed by atoms with Crippen LogP contribution in [-0.2, 0) is 16.1 Å². The molecule has 98 valence electrons. The van der Waals surface area contributed by atoms with Crippen LogP contribution in [0.2, 0.25) is 5.02 Å². The molecule has 0 spiro atoms. The highest BCUT2D eigenvalue weighted by Crippen LogP contribution is 2.35. The second-order valence-electron chi connectivity index (χ2n) is 4.87. The standard InChI is InChI=1S/C14H18ClNO2/c1-18-13(17)9-14(7-2-8-14)16-10-11-3-5-12(15)6-4-11/h3-6,16H,2,7-10H2,1H3. The molecule has 1 N–H and O–H groups in total. The van der Waals surface area contributed by atoms with Gasteiger partial charge in [-0.05, 0) is 37.0 Å². The third-order valence-electron chi connectivity index (χ3n) is 3.60. The van der Waals surface area contributed by atoms with Gasteiger partial charge in [0.1, 0.15) is 0 Å². The average molecular weight is 268 g/mol. The van der Waals surface area contributed by atoms with Gasteiger partial charge >= 0.3 is 5.97 Å². The lowest BCUT2D eigenvalue weighted by Crippen LogP contribution is -2.52. The fraction of sp³-hybridized carbons (Fsp3) is 0.500. The van der Waals surface area contributed by atoms with Crippen LogP contribution in [0.5, 0.6) is 0 Å². The molecule has 0 bridgehead atoms. The van der Waals surface area contributed by atoms with Crippen LogP contribution in [0.4, 0.5) is 0 Å². The van der Waals surface area contributed by atoms with E-state index in [4.69, 9.17) is 16.3 Å². The fourth-order valence-corrected chi connectivity index (χ4v) is 2.39. The van der Waals surface area contributed by atoms with Crippen molar-refractivity contribution in [2.45, 2.75) is 37.8 Å². The van der Waals surface area contributed by atoms with Gasteiger partial charge in [0, 0.05) is 17.1 Å². The van der Waals surface area contributed by atoms with Crippen molar-refractivity contribution in [3.8, 4) is 0 Å². The summed E-state index contributed by atoms with van der Waals surface area (Å²) in [6.45, 7) is 0.758. The molecule has 1 saturated carbocycles. The van der Waals surface area contributed by atoms with E-state index in [1.807, 2.05) is 24.3 Å². The topological polar surface area (TPSA) is 38.3 Å². The zero-order valence-corrected chi connectivity index (χ0v) is 11.3. The lowest BCUT2D eigenvalue weighted by atomic mass is 9.74. The van der Waals surface area contributed by atoms with E-state index in [0.717, 1.165) is 24.4 Å². The number of carbonyl (C=O) groups excluding carboxylic acids is 1. The van der Waals surface area contributed by atoms with Gasteiger partial charge in [0.05, 0.1) is 13.5 Å². The molecule has 0 unspecified atom stereocenters. The fourth-order valence-electron chi connectivity index (χ4n) is 2.26. The molecule has 0 amide bonds. The van der Waals surface area contributed by atoms with E-state index < -0.39 is 0 Å². The maximum atomic E-state index is 11.4. The number of hydrogen-bond donors (Lipinski definition) is 1. The molecule has 0 heterocycles. The first-order chi connectivity index (χ1) is 8.63. The number of ether oxygens (including phenoxy) is 1. The second kappa shape index (κ2) is 5.72. The molecule has 2 rings (SSSR count). The average Bonchev–Trinajstić information content (AvgIpc) is 2.34. The molecule has 1 fully saturated rings. The highest BCUT2D eigenvalue weighted by atomic mass is 35.5. The van der Waals surface area contributed by atoms with Crippen LogP contribution in [0.1, 0.15) is 31.2 Å². The number of rotatable bonds is 5. The van der Waals surface area contributed by atoms with Crippen molar-refractivity contribution < 1.29 is 9.53 Å². The van der Waals surface area contributed by atoms with Gasteiger partial charge in [0.25, 0.3) is 0 Å². The van der Waals surface area contributed by atoms with Crippen LogP contribution in [-0.4, -0.2) is 18.6 Å². The van der Waals surface area contributed by atoms with Gasteiger partial charge < -0.3 is 10.1 Å². The summed E-state index contributed by atoms with van der Waals surface area (Å²) in [4.78, 5) is 11.4. The first-order valence-electron chi connectivity index (χ1n) is 6.20. The summed E-state index contributed by atoms with van der Waals surface area (Å²) in [5.41, 5.74) is 1.11. The normalized spacial score (nSPS) is 17.0. The smallest absolute Gasteiger partial charge is 0.307 e. The molecule has 0 radical (unpaired) electrons.